The molecule has 16 heavy (non-hydrogen) atoms. The molecule has 0 saturated heterocycles. The summed E-state index contributed by atoms with van der Waals surface area (Å²) in [6, 6.07) is 2.77. The first kappa shape index (κ1) is 13.6. The Hall–Kier alpha value is -0.480. The van der Waals surface area contributed by atoms with Crippen molar-refractivity contribution in [2.75, 3.05) is 19.1 Å². The molecule has 1 rings (SSSR count). The predicted molar refractivity (Wildman–Crippen MR) is 72.2 cm³/mol. The van der Waals surface area contributed by atoms with Gasteiger partial charge in [-0.1, -0.05) is 0 Å². The summed E-state index contributed by atoms with van der Waals surface area (Å²) < 4.78 is 2.11. The number of thioether (sulfide) groups is 1. The molecule has 0 aliphatic heterocycles. The van der Waals surface area contributed by atoms with Crippen LogP contribution in [-0.2, 0) is 13.0 Å². The fraction of sp³-hybridized carbons (Fsp3) is 0.750. The van der Waals surface area contributed by atoms with E-state index in [1.807, 2.05) is 18.8 Å². The highest BCUT2D eigenvalue weighted by atomic mass is 32.2. The van der Waals surface area contributed by atoms with E-state index >= 15 is 0 Å². The first-order valence-corrected chi connectivity index (χ1v) is 7.30. The molecule has 3 nitrogen and oxygen atoms in total. The standard InChI is InChI=1S/C12H23N3S/c1-5-15-12(8-10(2)14-15)9-11(13-3)6-7-16-4/h8,11,13H,5-7,9H2,1-4H3. The third-order valence-corrected chi connectivity index (χ3v) is 3.46. The lowest BCUT2D eigenvalue weighted by Crippen LogP contribution is -2.29. The molecule has 4 heteroatoms. The van der Waals surface area contributed by atoms with Crippen molar-refractivity contribution in [3.8, 4) is 0 Å². The van der Waals surface area contributed by atoms with Crippen LogP contribution in [0, 0.1) is 6.92 Å². The van der Waals surface area contributed by atoms with Crippen molar-refractivity contribution in [3.05, 3.63) is 17.5 Å². The van der Waals surface area contributed by atoms with Gasteiger partial charge in [-0.2, -0.15) is 16.9 Å². The molecule has 0 amide bonds. The zero-order valence-electron chi connectivity index (χ0n) is 10.8. The lowest BCUT2D eigenvalue weighted by Gasteiger charge is -2.16. The molecule has 1 aromatic rings. The van der Waals surface area contributed by atoms with Crippen molar-refractivity contribution in [1.82, 2.24) is 15.1 Å². The Morgan fingerprint density at radius 1 is 1.56 bits per heavy atom. The summed E-state index contributed by atoms with van der Waals surface area (Å²) in [6.45, 7) is 5.17. The summed E-state index contributed by atoms with van der Waals surface area (Å²) in [5.41, 5.74) is 2.47. The molecule has 0 aromatic carbocycles. The van der Waals surface area contributed by atoms with Gasteiger partial charge in [-0.05, 0) is 45.4 Å². The number of hydrogen-bond acceptors (Lipinski definition) is 3. The zero-order chi connectivity index (χ0) is 12.0. The van der Waals surface area contributed by atoms with E-state index in [2.05, 4.69) is 41.3 Å². The van der Waals surface area contributed by atoms with Gasteiger partial charge in [0.1, 0.15) is 0 Å². The molecule has 0 saturated carbocycles. The average Bonchev–Trinajstić information content (AvgIpc) is 2.64. The lowest BCUT2D eigenvalue weighted by atomic mass is 10.1. The van der Waals surface area contributed by atoms with Crippen molar-refractivity contribution < 1.29 is 0 Å². The Morgan fingerprint density at radius 2 is 2.31 bits per heavy atom. The second-order valence-electron chi connectivity index (χ2n) is 4.06. The van der Waals surface area contributed by atoms with Crippen LogP contribution in [-0.4, -0.2) is 34.9 Å². The van der Waals surface area contributed by atoms with E-state index in [-0.39, 0.29) is 0 Å². The van der Waals surface area contributed by atoms with Crippen molar-refractivity contribution in [3.63, 3.8) is 0 Å². The second kappa shape index (κ2) is 6.97. The minimum absolute atomic E-state index is 0.564. The molecular formula is C12H23N3S. The van der Waals surface area contributed by atoms with Crippen LogP contribution in [0.1, 0.15) is 24.7 Å². The van der Waals surface area contributed by atoms with Crippen LogP contribution in [0.15, 0.2) is 6.07 Å². The minimum atomic E-state index is 0.564. The molecule has 0 spiro atoms. The molecule has 0 aliphatic rings. The molecule has 1 N–H and O–H groups in total. The van der Waals surface area contributed by atoms with Gasteiger partial charge in [-0.15, -0.1) is 0 Å². The maximum absolute atomic E-state index is 4.48. The normalized spacial score (nSPS) is 13.0. The smallest absolute Gasteiger partial charge is 0.0596 e. The van der Waals surface area contributed by atoms with Gasteiger partial charge in [0.25, 0.3) is 0 Å². The van der Waals surface area contributed by atoms with Gasteiger partial charge in [0.15, 0.2) is 0 Å². The largest absolute Gasteiger partial charge is 0.317 e. The Balaban J connectivity index is 2.61. The average molecular weight is 241 g/mol. The van der Waals surface area contributed by atoms with Gasteiger partial charge >= 0.3 is 0 Å². The monoisotopic (exact) mass is 241 g/mol. The summed E-state index contributed by atoms with van der Waals surface area (Å²) in [5.74, 6) is 1.21. The van der Waals surface area contributed by atoms with Crippen LogP contribution in [0.4, 0.5) is 0 Å². The number of aryl methyl sites for hydroxylation is 2. The Morgan fingerprint density at radius 3 is 2.88 bits per heavy atom. The quantitative estimate of drug-likeness (QED) is 0.793. The van der Waals surface area contributed by atoms with Crippen molar-refractivity contribution >= 4 is 11.8 Å². The fourth-order valence-electron chi connectivity index (χ4n) is 1.90. The molecule has 1 heterocycles. The molecular weight excluding hydrogens is 218 g/mol. The number of aromatic nitrogens is 2. The molecule has 0 fully saturated rings. The highest BCUT2D eigenvalue weighted by Gasteiger charge is 2.11. The van der Waals surface area contributed by atoms with Crippen LogP contribution in [0.3, 0.4) is 0 Å². The third-order valence-electron chi connectivity index (χ3n) is 2.82. The van der Waals surface area contributed by atoms with Gasteiger partial charge in [-0.25, -0.2) is 0 Å². The Kier molecular flexibility index (Phi) is 5.91. The lowest BCUT2D eigenvalue weighted by molar-refractivity contribution is 0.513. The van der Waals surface area contributed by atoms with Gasteiger partial charge < -0.3 is 5.32 Å². The van der Waals surface area contributed by atoms with Crippen LogP contribution in [0.2, 0.25) is 0 Å². The molecule has 0 bridgehead atoms. The predicted octanol–water partition coefficient (Wildman–Crippen LogP) is 2.10. The summed E-state index contributed by atoms with van der Waals surface area (Å²) >= 11 is 1.91. The zero-order valence-corrected chi connectivity index (χ0v) is 11.6. The van der Waals surface area contributed by atoms with Crippen LogP contribution < -0.4 is 5.32 Å². The summed E-state index contributed by atoms with van der Waals surface area (Å²) in [4.78, 5) is 0. The number of nitrogens with zero attached hydrogens (tertiary/aromatic N) is 2. The Labute approximate surface area is 103 Å². The second-order valence-corrected chi connectivity index (χ2v) is 5.05. The van der Waals surface area contributed by atoms with Crippen molar-refractivity contribution in [2.24, 2.45) is 0 Å². The number of nitrogens with one attached hydrogen (secondary N) is 1. The van der Waals surface area contributed by atoms with E-state index in [4.69, 9.17) is 0 Å². The van der Waals surface area contributed by atoms with E-state index in [0.29, 0.717) is 6.04 Å². The van der Waals surface area contributed by atoms with Crippen LogP contribution in [0.25, 0.3) is 0 Å². The number of rotatable bonds is 7. The maximum atomic E-state index is 4.48. The van der Waals surface area contributed by atoms with Gasteiger partial charge in [-0.3, -0.25) is 4.68 Å². The van der Waals surface area contributed by atoms with E-state index in [0.717, 1.165) is 18.7 Å². The van der Waals surface area contributed by atoms with Crippen molar-refractivity contribution in [2.45, 2.75) is 39.3 Å². The first-order chi connectivity index (χ1) is 7.71. The molecule has 92 valence electrons. The number of likely N-dealkylation sites (N-methyl/N-ethyl adjacent to an activating group) is 1. The highest BCUT2D eigenvalue weighted by molar-refractivity contribution is 7.98. The Bertz CT molecular complexity index is 309. The summed E-state index contributed by atoms with van der Waals surface area (Å²) in [6.07, 6.45) is 4.45. The molecule has 1 aromatic heterocycles. The third kappa shape index (κ3) is 3.83. The van der Waals surface area contributed by atoms with E-state index in [1.165, 1.54) is 17.9 Å². The van der Waals surface area contributed by atoms with Crippen LogP contribution in [0.5, 0.6) is 0 Å². The van der Waals surface area contributed by atoms with Gasteiger partial charge in [0, 0.05) is 24.7 Å². The number of hydrogen-bond donors (Lipinski definition) is 1. The van der Waals surface area contributed by atoms with E-state index in [9.17, 15) is 0 Å². The fourth-order valence-corrected chi connectivity index (χ4v) is 2.42. The topological polar surface area (TPSA) is 29.9 Å². The summed E-state index contributed by atoms with van der Waals surface area (Å²) in [5, 5.41) is 7.87. The molecule has 0 radical (unpaired) electrons. The van der Waals surface area contributed by atoms with Crippen LogP contribution >= 0.6 is 11.8 Å². The van der Waals surface area contributed by atoms with Crippen molar-refractivity contribution in [1.29, 1.82) is 0 Å². The molecule has 1 atom stereocenters. The molecule has 1 unspecified atom stereocenters. The van der Waals surface area contributed by atoms with E-state index < -0.39 is 0 Å². The SMILES string of the molecule is CCn1nc(C)cc1CC(CCSC)NC. The van der Waals surface area contributed by atoms with E-state index in [1.54, 1.807) is 0 Å². The first-order valence-electron chi connectivity index (χ1n) is 5.90. The maximum Gasteiger partial charge on any atom is 0.0596 e. The highest BCUT2D eigenvalue weighted by Crippen LogP contribution is 2.10. The molecule has 0 aliphatic carbocycles. The van der Waals surface area contributed by atoms with Gasteiger partial charge in [0.2, 0.25) is 0 Å². The summed E-state index contributed by atoms with van der Waals surface area (Å²) in [7, 11) is 2.05. The van der Waals surface area contributed by atoms with Gasteiger partial charge in [0.05, 0.1) is 5.69 Å². The minimum Gasteiger partial charge on any atom is -0.317 e.